The fraction of sp³-hybridized carbons (Fsp3) is 0.333. The second-order valence-corrected chi connectivity index (χ2v) is 6.18. The molecule has 2 aromatic carbocycles. The highest BCUT2D eigenvalue weighted by molar-refractivity contribution is 5.85. The van der Waals surface area contributed by atoms with Crippen LogP contribution < -0.4 is 46.1 Å². The molecule has 0 unspecified atom stereocenters. The zero-order chi connectivity index (χ0) is 16.3. The number of anilines is 2. The standard InChI is InChI=1S/C18H26N4.4ClH/c1-21(2)15-9-5-13(6-10-15)17(19)18(20)14-7-11-16(12-8-14)22(3)4;;;;/h5-12,17-18H,19-20H2,1-4H3;4*1H/t17-,18-;;;;/m1..../s1. The Bertz CT molecular complexity index is 548. The average molecular weight is 444 g/mol. The summed E-state index contributed by atoms with van der Waals surface area (Å²) < 4.78 is 0. The van der Waals surface area contributed by atoms with Crippen LogP contribution in [0.3, 0.4) is 0 Å². The summed E-state index contributed by atoms with van der Waals surface area (Å²) in [5, 5.41) is 0. The van der Waals surface area contributed by atoms with Crippen LogP contribution in [0.25, 0.3) is 0 Å². The second-order valence-electron chi connectivity index (χ2n) is 6.18. The Balaban J connectivity index is -0.00000132. The van der Waals surface area contributed by atoms with E-state index in [0.717, 1.165) is 0 Å². The molecule has 0 aliphatic rings. The first-order valence-corrected chi connectivity index (χ1v) is 7.61. The van der Waals surface area contributed by atoms with Crippen LogP contribution in [-0.4, -0.2) is 28.2 Å². The van der Waals surface area contributed by atoms with Crippen LogP contribution in [0, 0.1) is 0 Å². The molecule has 2 aromatic rings. The van der Waals surface area contributed by atoms with E-state index in [9.17, 15) is 0 Å². The maximum absolute atomic E-state index is 4.33. The van der Waals surface area contributed by atoms with E-state index >= 15 is 0 Å². The van der Waals surface area contributed by atoms with Gasteiger partial charge in [0.25, 0.3) is 0 Å². The molecule has 0 heterocycles. The van der Waals surface area contributed by atoms with Crippen molar-refractivity contribution in [2.75, 3.05) is 38.0 Å². The summed E-state index contributed by atoms with van der Waals surface area (Å²) in [7, 11) is 8.20. The predicted octanol–water partition coefficient (Wildman–Crippen LogP) is -4.06. The van der Waals surface area contributed by atoms with Crippen molar-refractivity contribution in [2.45, 2.75) is 12.1 Å². The Hall–Kier alpha value is -0.880. The molecular formula is C18H30Cl4N4. The minimum absolute atomic E-state index is 0. The lowest BCUT2D eigenvalue weighted by molar-refractivity contribution is -0.540. The molecule has 150 valence electrons. The van der Waals surface area contributed by atoms with Crippen LogP contribution in [0.5, 0.6) is 0 Å². The second kappa shape index (κ2) is 13.3. The molecule has 0 fully saturated rings. The molecule has 26 heavy (non-hydrogen) atoms. The molecule has 2 atom stereocenters. The topological polar surface area (TPSA) is 61.8 Å². The highest BCUT2D eigenvalue weighted by atomic mass is 35.5. The normalized spacial score (nSPS) is 11.5. The van der Waals surface area contributed by atoms with Gasteiger partial charge in [-0.25, -0.2) is 0 Å². The van der Waals surface area contributed by atoms with Gasteiger partial charge in [0.15, 0.2) is 12.1 Å². The summed E-state index contributed by atoms with van der Waals surface area (Å²) in [6.07, 6.45) is 0. The highest BCUT2D eigenvalue weighted by Gasteiger charge is 2.24. The first kappa shape index (κ1) is 29.9. The van der Waals surface area contributed by atoms with Crippen LogP contribution >= 0.6 is 24.8 Å². The molecule has 0 aliphatic carbocycles. The van der Waals surface area contributed by atoms with Gasteiger partial charge >= 0.3 is 0 Å². The van der Waals surface area contributed by atoms with Crippen molar-refractivity contribution in [3.63, 3.8) is 0 Å². The molecule has 0 bridgehead atoms. The van der Waals surface area contributed by atoms with E-state index < -0.39 is 0 Å². The fourth-order valence-electron chi connectivity index (χ4n) is 2.50. The highest BCUT2D eigenvalue weighted by Crippen LogP contribution is 2.25. The number of nitrogens with zero attached hydrogens (tertiary/aromatic N) is 2. The zero-order valence-corrected chi connectivity index (χ0v) is 18.8. The van der Waals surface area contributed by atoms with Gasteiger partial charge in [-0.05, 0) is 24.3 Å². The minimum Gasteiger partial charge on any atom is -1.00 e. The Kier molecular flexibility index (Phi) is 15.3. The van der Waals surface area contributed by atoms with Gasteiger partial charge in [0.2, 0.25) is 0 Å². The van der Waals surface area contributed by atoms with Crippen LogP contribution in [0.1, 0.15) is 23.2 Å². The van der Waals surface area contributed by atoms with Gasteiger partial charge in [-0.1, -0.05) is 24.3 Å². The maximum atomic E-state index is 4.33. The van der Waals surface area contributed by atoms with Gasteiger partial charge in [0, 0.05) is 50.7 Å². The van der Waals surface area contributed by atoms with Gasteiger partial charge in [0.1, 0.15) is 0 Å². The van der Waals surface area contributed by atoms with Crippen molar-refractivity contribution in [1.82, 2.24) is 0 Å². The van der Waals surface area contributed by atoms with Crippen molar-refractivity contribution in [1.29, 1.82) is 0 Å². The Morgan fingerprint density at radius 3 is 1.00 bits per heavy atom. The van der Waals surface area contributed by atoms with Crippen molar-refractivity contribution >= 4 is 36.2 Å². The third kappa shape index (κ3) is 7.39. The molecule has 0 radical (unpaired) electrons. The molecule has 2 rings (SSSR count). The first-order valence-electron chi connectivity index (χ1n) is 7.61. The van der Waals surface area contributed by atoms with Gasteiger partial charge < -0.3 is 46.1 Å². The fourth-order valence-corrected chi connectivity index (χ4v) is 2.50. The van der Waals surface area contributed by atoms with E-state index in [0.29, 0.717) is 0 Å². The predicted molar refractivity (Wildman–Crippen MR) is 107 cm³/mol. The summed E-state index contributed by atoms with van der Waals surface area (Å²) in [5.41, 5.74) is 13.5. The van der Waals surface area contributed by atoms with E-state index in [1.807, 2.05) is 28.2 Å². The average Bonchev–Trinajstić information content (AvgIpc) is 2.53. The van der Waals surface area contributed by atoms with E-state index in [4.69, 9.17) is 0 Å². The van der Waals surface area contributed by atoms with Crippen LogP contribution in [0.2, 0.25) is 0 Å². The third-order valence-corrected chi connectivity index (χ3v) is 4.16. The summed E-state index contributed by atoms with van der Waals surface area (Å²) in [5.74, 6) is 0. The number of hydrogen-bond donors (Lipinski definition) is 2. The smallest absolute Gasteiger partial charge is 0.167 e. The van der Waals surface area contributed by atoms with Gasteiger partial charge in [-0.2, -0.15) is 0 Å². The number of halogens is 4. The number of quaternary nitrogens is 2. The molecule has 0 aliphatic heterocycles. The van der Waals surface area contributed by atoms with Crippen molar-refractivity contribution in [3.05, 3.63) is 59.7 Å². The van der Waals surface area contributed by atoms with E-state index in [-0.39, 0.29) is 61.7 Å². The molecule has 0 aromatic heterocycles. The number of hydrogen-bond acceptors (Lipinski definition) is 2. The molecule has 8 heteroatoms. The molecule has 4 nitrogen and oxygen atoms in total. The summed E-state index contributed by atoms with van der Waals surface area (Å²) in [4.78, 5) is 4.20. The summed E-state index contributed by atoms with van der Waals surface area (Å²) >= 11 is 0. The molecular weight excluding hydrogens is 414 g/mol. The lowest BCUT2D eigenvalue weighted by atomic mass is 9.94. The summed E-state index contributed by atoms with van der Waals surface area (Å²) in [6.45, 7) is 0. The Labute approximate surface area is 181 Å². The molecule has 0 saturated carbocycles. The van der Waals surface area contributed by atoms with E-state index in [2.05, 4.69) is 69.8 Å². The van der Waals surface area contributed by atoms with E-state index in [1.54, 1.807) is 0 Å². The monoisotopic (exact) mass is 442 g/mol. The van der Waals surface area contributed by atoms with Crippen LogP contribution in [-0.2, 0) is 0 Å². The molecule has 6 N–H and O–H groups in total. The SMILES string of the molecule is CN(C)c1ccc([C@@H]([NH3+])[C@H]([NH3+])c2ccc(N(C)C)cc2)cc1.Cl.Cl.[Cl-].[Cl-]. The molecule has 0 spiro atoms. The molecule has 0 amide bonds. The molecule has 0 saturated heterocycles. The largest absolute Gasteiger partial charge is 1.00 e. The van der Waals surface area contributed by atoms with Crippen LogP contribution in [0.15, 0.2) is 48.5 Å². The lowest BCUT2D eigenvalue weighted by Crippen LogP contribution is -3.00. The van der Waals surface area contributed by atoms with Gasteiger partial charge in [0.05, 0.1) is 0 Å². The Morgan fingerprint density at radius 2 is 0.808 bits per heavy atom. The minimum atomic E-state index is 0. The van der Waals surface area contributed by atoms with E-state index in [1.165, 1.54) is 22.5 Å². The van der Waals surface area contributed by atoms with Crippen molar-refractivity contribution < 1.29 is 36.3 Å². The van der Waals surface area contributed by atoms with Crippen molar-refractivity contribution in [3.8, 4) is 0 Å². The zero-order valence-electron chi connectivity index (χ0n) is 15.7. The first-order chi connectivity index (χ1) is 10.4. The van der Waals surface area contributed by atoms with Gasteiger partial charge in [-0.3, -0.25) is 0 Å². The van der Waals surface area contributed by atoms with Crippen LogP contribution in [0.4, 0.5) is 11.4 Å². The summed E-state index contributed by atoms with van der Waals surface area (Å²) in [6, 6.07) is 17.4. The third-order valence-electron chi connectivity index (χ3n) is 4.16. The van der Waals surface area contributed by atoms with Gasteiger partial charge in [-0.15, -0.1) is 24.8 Å². The Morgan fingerprint density at radius 1 is 0.577 bits per heavy atom. The van der Waals surface area contributed by atoms with Crippen molar-refractivity contribution in [2.24, 2.45) is 0 Å². The maximum Gasteiger partial charge on any atom is 0.167 e. The quantitative estimate of drug-likeness (QED) is 0.494. The number of rotatable bonds is 5. The number of benzene rings is 2. The lowest BCUT2D eigenvalue weighted by Gasteiger charge is -2.18.